The second-order valence-electron chi connectivity index (χ2n) is 5.45. The monoisotopic (exact) mass is 425 g/mol. The van der Waals surface area contributed by atoms with E-state index >= 15 is 0 Å². The van der Waals surface area contributed by atoms with Gasteiger partial charge in [0.15, 0.2) is 0 Å². The van der Waals surface area contributed by atoms with Crippen LogP contribution in [0.1, 0.15) is 17.0 Å². The first-order valence-corrected chi connectivity index (χ1v) is 10.3. The Kier molecular flexibility index (Phi) is 4.80. The van der Waals surface area contributed by atoms with Crippen LogP contribution >= 0.6 is 27.3 Å². The lowest BCUT2D eigenvalue weighted by atomic mass is 10.2. The van der Waals surface area contributed by atoms with Crippen LogP contribution in [0.4, 0.5) is 5.69 Å². The van der Waals surface area contributed by atoms with Crippen molar-refractivity contribution in [1.82, 2.24) is 9.78 Å². The van der Waals surface area contributed by atoms with Crippen molar-refractivity contribution in [2.45, 2.75) is 24.6 Å². The number of rotatable bonds is 5. The third kappa shape index (κ3) is 3.88. The number of hydrogen-bond acceptors (Lipinski definition) is 4. The minimum absolute atomic E-state index is 0.279. The summed E-state index contributed by atoms with van der Waals surface area (Å²) in [6, 6.07) is 12.7. The zero-order valence-corrected chi connectivity index (χ0v) is 16.4. The molecule has 0 fully saturated rings. The number of benzene rings is 1. The van der Waals surface area contributed by atoms with Gasteiger partial charge in [-0.3, -0.25) is 9.40 Å². The van der Waals surface area contributed by atoms with E-state index in [9.17, 15) is 8.42 Å². The SMILES string of the molecule is Cc1cc(C)n(Cc2ccc(NS(=O)(=O)c3ccc(Br)s3)cc2)n1. The Labute approximate surface area is 153 Å². The van der Waals surface area contributed by atoms with E-state index in [4.69, 9.17) is 0 Å². The molecule has 24 heavy (non-hydrogen) atoms. The van der Waals surface area contributed by atoms with Crippen LogP contribution in [0.2, 0.25) is 0 Å². The highest BCUT2D eigenvalue weighted by Gasteiger charge is 2.16. The third-order valence-electron chi connectivity index (χ3n) is 3.46. The summed E-state index contributed by atoms with van der Waals surface area (Å²) in [6.45, 7) is 4.64. The first kappa shape index (κ1) is 17.2. The Morgan fingerprint density at radius 2 is 1.88 bits per heavy atom. The molecule has 0 atom stereocenters. The Balaban J connectivity index is 1.74. The smallest absolute Gasteiger partial charge is 0.271 e. The molecule has 126 valence electrons. The highest BCUT2D eigenvalue weighted by molar-refractivity contribution is 9.11. The third-order valence-corrected chi connectivity index (χ3v) is 6.95. The molecule has 0 radical (unpaired) electrons. The van der Waals surface area contributed by atoms with Crippen LogP contribution in [0.3, 0.4) is 0 Å². The van der Waals surface area contributed by atoms with Crippen molar-refractivity contribution in [2.24, 2.45) is 0 Å². The van der Waals surface area contributed by atoms with Crippen LogP contribution in [-0.2, 0) is 16.6 Å². The molecule has 8 heteroatoms. The molecular weight excluding hydrogens is 410 g/mol. The van der Waals surface area contributed by atoms with Gasteiger partial charge in [-0.25, -0.2) is 8.42 Å². The average Bonchev–Trinajstić information content (AvgIpc) is 3.07. The van der Waals surface area contributed by atoms with Gasteiger partial charge in [-0.05, 0) is 65.7 Å². The summed E-state index contributed by atoms with van der Waals surface area (Å²) >= 11 is 4.45. The topological polar surface area (TPSA) is 64.0 Å². The van der Waals surface area contributed by atoms with Gasteiger partial charge in [-0.1, -0.05) is 12.1 Å². The van der Waals surface area contributed by atoms with E-state index in [2.05, 4.69) is 25.8 Å². The first-order chi connectivity index (χ1) is 11.3. The van der Waals surface area contributed by atoms with Crippen LogP contribution in [0.15, 0.2) is 50.5 Å². The summed E-state index contributed by atoms with van der Waals surface area (Å²) in [4.78, 5) is 0. The van der Waals surface area contributed by atoms with Crippen molar-refractivity contribution in [1.29, 1.82) is 0 Å². The fourth-order valence-electron chi connectivity index (χ4n) is 2.33. The zero-order chi connectivity index (χ0) is 17.3. The predicted octanol–water partition coefficient (Wildman–Crippen LogP) is 4.17. The number of sulfonamides is 1. The molecule has 2 heterocycles. The average molecular weight is 426 g/mol. The van der Waals surface area contributed by atoms with E-state index in [1.807, 2.05) is 36.7 Å². The van der Waals surface area contributed by atoms with Crippen LogP contribution in [-0.4, -0.2) is 18.2 Å². The second-order valence-corrected chi connectivity index (χ2v) is 9.82. The summed E-state index contributed by atoms with van der Waals surface area (Å²) in [5.74, 6) is 0. The number of aromatic nitrogens is 2. The van der Waals surface area contributed by atoms with Crippen molar-refractivity contribution in [3.05, 3.63) is 63.2 Å². The zero-order valence-electron chi connectivity index (χ0n) is 13.2. The number of nitrogens with one attached hydrogen (secondary N) is 1. The number of aryl methyl sites for hydroxylation is 2. The van der Waals surface area contributed by atoms with E-state index < -0.39 is 10.0 Å². The second kappa shape index (κ2) is 6.70. The normalized spacial score (nSPS) is 11.6. The van der Waals surface area contributed by atoms with E-state index in [1.54, 1.807) is 24.3 Å². The molecule has 5 nitrogen and oxygen atoms in total. The van der Waals surface area contributed by atoms with Gasteiger partial charge in [0.25, 0.3) is 10.0 Å². The van der Waals surface area contributed by atoms with Crippen molar-refractivity contribution in [3.8, 4) is 0 Å². The lowest BCUT2D eigenvalue weighted by Crippen LogP contribution is -2.11. The molecular formula is C16H16BrN3O2S2. The van der Waals surface area contributed by atoms with Crippen LogP contribution < -0.4 is 4.72 Å². The molecule has 0 bridgehead atoms. The number of thiophene rings is 1. The largest absolute Gasteiger partial charge is 0.279 e. The van der Waals surface area contributed by atoms with E-state index in [0.29, 0.717) is 12.2 Å². The molecule has 2 aromatic heterocycles. The first-order valence-electron chi connectivity index (χ1n) is 7.22. The van der Waals surface area contributed by atoms with E-state index in [1.165, 1.54) is 11.3 Å². The molecule has 0 aliphatic heterocycles. The number of hydrogen-bond donors (Lipinski definition) is 1. The minimum Gasteiger partial charge on any atom is -0.279 e. The van der Waals surface area contributed by atoms with Gasteiger partial charge in [0.2, 0.25) is 0 Å². The molecule has 0 saturated carbocycles. The van der Waals surface area contributed by atoms with Crippen molar-refractivity contribution >= 4 is 43.0 Å². The predicted molar refractivity (Wildman–Crippen MR) is 100 cm³/mol. The number of anilines is 1. The van der Waals surface area contributed by atoms with E-state index in [0.717, 1.165) is 20.7 Å². The lowest BCUT2D eigenvalue weighted by molar-refractivity contribution is 0.603. The highest BCUT2D eigenvalue weighted by atomic mass is 79.9. The minimum atomic E-state index is -3.55. The standard InChI is InChI=1S/C16H16BrN3O2S2/c1-11-9-12(2)20(18-11)10-13-3-5-14(6-4-13)19-24(21,22)16-8-7-15(17)23-16/h3-9,19H,10H2,1-2H3. The van der Waals surface area contributed by atoms with Gasteiger partial charge in [-0.2, -0.15) is 5.10 Å². The highest BCUT2D eigenvalue weighted by Crippen LogP contribution is 2.27. The maximum absolute atomic E-state index is 12.3. The van der Waals surface area contributed by atoms with Crippen molar-refractivity contribution < 1.29 is 8.42 Å². The van der Waals surface area contributed by atoms with E-state index in [-0.39, 0.29) is 4.21 Å². The maximum Gasteiger partial charge on any atom is 0.271 e. The molecule has 0 aliphatic carbocycles. The lowest BCUT2D eigenvalue weighted by Gasteiger charge is -2.08. The van der Waals surface area contributed by atoms with Gasteiger partial charge < -0.3 is 0 Å². The Morgan fingerprint density at radius 1 is 1.17 bits per heavy atom. The maximum atomic E-state index is 12.3. The molecule has 0 amide bonds. The summed E-state index contributed by atoms with van der Waals surface area (Å²) in [7, 11) is -3.55. The Hall–Kier alpha value is -1.64. The summed E-state index contributed by atoms with van der Waals surface area (Å²) in [5.41, 5.74) is 3.68. The Morgan fingerprint density at radius 3 is 2.42 bits per heavy atom. The fraction of sp³-hybridized carbons (Fsp3) is 0.188. The molecule has 1 N–H and O–H groups in total. The molecule has 0 unspecified atom stereocenters. The van der Waals surface area contributed by atoms with Crippen LogP contribution in [0, 0.1) is 13.8 Å². The van der Waals surface area contributed by atoms with Gasteiger partial charge in [0, 0.05) is 11.4 Å². The molecule has 3 rings (SSSR count). The molecule has 0 saturated heterocycles. The summed E-state index contributed by atoms with van der Waals surface area (Å²) in [6.07, 6.45) is 0. The van der Waals surface area contributed by atoms with Crippen LogP contribution in [0.5, 0.6) is 0 Å². The Bertz CT molecular complexity index is 960. The molecule has 0 spiro atoms. The van der Waals surface area contributed by atoms with Gasteiger partial charge in [-0.15, -0.1) is 11.3 Å². The van der Waals surface area contributed by atoms with Gasteiger partial charge in [0.1, 0.15) is 4.21 Å². The molecule has 0 aliphatic rings. The van der Waals surface area contributed by atoms with Crippen LogP contribution in [0.25, 0.3) is 0 Å². The quantitative estimate of drug-likeness (QED) is 0.666. The van der Waals surface area contributed by atoms with Gasteiger partial charge in [0.05, 0.1) is 16.0 Å². The van der Waals surface area contributed by atoms with Crippen molar-refractivity contribution in [2.75, 3.05) is 4.72 Å². The summed E-state index contributed by atoms with van der Waals surface area (Å²) < 4.78 is 30.2. The van der Waals surface area contributed by atoms with Crippen molar-refractivity contribution in [3.63, 3.8) is 0 Å². The molecule has 3 aromatic rings. The van der Waals surface area contributed by atoms with Gasteiger partial charge >= 0.3 is 0 Å². The number of nitrogens with zero attached hydrogens (tertiary/aromatic N) is 2. The molecule has 1 aromatic carbocycles. The number of halogens is 1. The fourth-order valence-corrected chi connectivity index (χ4v) is 5.40. The summed E-state index contributed by atoms with van der Waals surface area (Å²) in [5, 5.41) is 4.43.